The zero-order valence-corrected chi connectivity index (χ0v) is 13.0. The summed E-state index contributed by atoms with van der Waals surface area (Å²) in [5, 5.41) is 9.01. The molecule has 22 heavy (non-hydrogen) atoms. The Morgan fingerprint density at radius 3 is 2.68 bits per heavy atom. The van der Waals surface area contributed by atoms with E-state index in [9.17, 15) is 18.0 Å². The largest absolute Gasteiger partial charge is 0.481 e. The smallest absolute Gasteiger partial charge is 0.393 e. The van der Waals surface area contributed by atoms with Gasteiger partial charge in [0.05, 0.1) is 11.8 Å². The third kappa shape index (κ3) is 4.16. The van der Waals surface area contributed by atoms with Crippen LogP contribution in [0.3, 0.4) is 0 Å². The van der Waals surface area contributed by atoms with Gasteiger partial charge in [-0.15, -0.1) is 11.8 Å². The lowest BCUT2D eigenvalue weighted by molar-refractivity contribution is -0.188. The van der Waals surface area contributed by atoms with Gasteiger partial charge in [0.15, 0.2) is 0 Å². The number of hydrogen-bond donors (Lipinski definition) is 1. The van der Waals surface area contributed by atoms with Crippen molar-refractivity contribution in [2.24, 2.45) is 11.8 Å². The maximum absolute atomic E-state index is 13.0. The monoisotopic (exact) mass is 333 g/mol. The quantitative estimate of drug-likeness (QED) is 0.838. The zero-order valence-electron chi connectivity index (χ0n) is 12.1. The summed E-state index contributed by atoms with van der Waals surface area (Å²) in [7, 11) is 0. The molecule has 1 heterocycles. The van der Waals surface area contributed by atoms with E-state index in [1.807, 2.05) is 31.2 Å². The minimum absolute atomic E-state index is 0.0648. The van der Waals surface area contributed by atoms with Crippen LogP contribution in [0, 0.1) is 11.8 Å². The normalized spacial score (nSPS) is 22.9. The minimum Gasteiger partial charge on any atom is -0.481 e. The summed E-state index contributed by atoms with van der Waals surface area (Å²) in [4.78, 5) is 13.7. The highest BCUT2D eigenvalue weighted by atomic mass is 32.2. The molecular formula is C15H18F3NO2S. The van der Waals surface area contributed by atoms with E-state index in [-0.39, 0.29) is 13.1 Å². The zero-order chi connectivity index (χ0) is 16.3. The minimum atomic E-state index is -4.47. The van der Waals surface area contributed by atoms with Gasteiger partial charge < -0.3 is 5.11 Å². The fourth-order valence-corrected chi connectivity index (χ4v) is 3.50. The van der Waals surface area contributed by atoms with Gasteiger partial charge in [0.1, 0.15) is 0 Å². The number of hydrogen-bond acceptors (Lipinski definition) is 3. The summed E-state index contributed by atoms with van der Waals surface area (Å²) in [6.45, 7) is 2.05. The van der Waals surface area contributed by atoms with Crippen LogP contribution in [-0.2, 0) is 11.3 Å². The second-order valence-corrected chi connectivity index (χ2v) is 6.70. The molecule has 0 spiro atoms. The molecule has 0 radical (unpaired) electrons. The Balaban J connectivity index is 2.08. The number of benzene rings is 1. The SMILES string of the molecule is CCSc1cccc(CN2C[C@@H](C(F)(F)F)[C@H](C(=O)O)C2)c1. The van der Waals surface area contributed by atoms with Crippen LogP contribution >= 0.6 is 11.8 Å². The molecule has 122 valence electrons. The van der Waals surface area contributed by atoms with Gasteiger partial charge in [0.2, 0.25) is 0 Å². The molecule has 2 rings (SSSR count). The van der Waals surface area contributed by atoms with E-state index in [2.05, 4.69) is 0 Å². The Morgan fingerprint density at radius 2 is 2.14 bits per heavy atom. The van der Waals surface area contributed by atoms with E-state index in [1.54, 1.807) is 16.7 Å². The Hall–Kier alpha value is -1.21. The fraction of sp³-hybridized carbons (Fsp3) is 0.533. The number of aliphatic carboxylic acids is 1. The van der Waals surface area contributed by atoms with E-state index < -0.39 is 24.0 Å². The molecule has 0 saturated carbocycles. The summed E-state index contributed by atoms with van der Waals surface area (Å²) in [5.74, 6) is -3.63. The summed E-state index contributed by atoms with van der Waals surface area (Å²) < 4.78 is 38.9. The number of carboxylic acids is 1. The topological polar surface area (TPSA) is 40.5 Å². The van der Waals surface area contributed by atoms with E-state index in [0.717, 1.165) is 16.2 Å². The van der Waals surface area contributed by atoms with Gasteiger partial charge in [-0.3, -0.25) is 9.69 Å². The fourth-order valence-electron chi connectivity index (χ4n) is 2.75. The van der Waals surface area contributed by atoms with Crippen LogP contribution in [0.25, 0.3) is 0 Å². The molecule has 1 saturated heterocycles. The predicted octanol–water partition coefficient (Wildman–Crippen LogP) is 3.49. The first-order valence-corrected chi connectivity index (χ1v) is 8.03. The highest BCUT2D eigenvalue weighted by Gasteiger charge is 2.52. The number of nitrogens with zero attached hydrogens (tertiary/aromatic N) is 1. The molecular weight excluding hydrogens is 315 g/mol. The van der Waals surface area contributed by atoms with Gasteiger partial charge in [-0.2, -0.15) is 13.2 Å². The van der Waals surface area contributed by atoms with Crippen molar-refractivity contribution in [2.45, 2.75) is 24.5 Å². The van der Waals surface area contributed by atoms with E-state index in [1.165, 1.54) is 0 Å². The lowest BCUT2D eigenvalue weighted by atomic mass is 9.96. The number of rotatable bonds is 5. The van der Waals surface area contributed by atoms with Gasteiger partial charge in [-0.1, -0.05) is 19.1 Å². The first-order valence-electron chi connectivity index (χ1n) is 7.05. The van der Waals surface area contributed by atoms with Crippen LogP contribution in [0.15, 0.2) is 29.2 Å². The molecule has 0 unspecified atom stereocenters. The molecule has 1 aromatic carbocycles. The highest BCUT2D eigenvalue weighted by molar-refractivity contribution is 7.99. The van der Waals surface area contributed by atoms with Crippen molar-refractivity contribution in [3.05, 3.63) is 29.8 Å². The molecule has 0 bridgehead atoms. The average Bonchev–Trinajstić information content (AvgIpc) is 2.84. The standard InChI is InChI=1S/C15H18F3NO2S/c1-2-22-11-5-3-4-10(6-11)7-19-8-12(14(20)21)13(9-19)15(16,17)18/h3-6,12-13H,2,7-9H2,1H3,(H,20,21)/t12-,13-/m1/s1. The van der Waals surface area contributed by atoms with Gasteiger partial charge >= 0.3 is 12.1 Å². The third-order valence-corrected chi connectivity index (χ3v) is 4.62. The molecule has 7 heteroatoms. The number of alkyl halides is 3. The number of carbonyl (C=O) groups is 1. The average molecular weight is 333 g/mol. The number of carboxylic acid groups (broad SMARTS) is 1. The summed E-state index contributed by atoms with van der Waals surface area (Å²) >= 11 is 1.66. The molecule has 0 aliphatic carbocycles. The summed E-state index contributed by atoms with van der Waals surface area (Å²) in [5.41, 5.74) is 0.908. The van der Waals surface area contributed by atoms with E-state index >= 15 is 0 Å². The van der Waals surface area contributed by atoms with Crippen molar-refractivity contribution in [1.82, 2.24) is 4.90 Å². The van der Waals surface area contributed by atoms with Crippen molar-refractivity contribution >= 4 is 17.7 Å². The lowest BCUT2D eigenvalue weighted by Crippen LogP contribution is -2.33. The number of halogens is 3. The second kappa shape index (κ2) is 6.91. The van der Waals surface area contributed by atoms with Gasteiger partial charge in [-0.05, 0) is 23.4 Å². The van der Waals surface area contributed by atoms with Crippen LogP contribution in [-0.4, -0.2) is 41.0 Å². The maximum Gasteiger partial charge on any atom is 0.393 e. The lowest BCUT2D eigenvalue weighted by Gasteiger charge is -2.18. The predicted molar refractivity (Wildman–Crippen MR) is 78.8 cm³/mol. The van der Waals surface area contributed by atoms with Crippen LogP contribution in [0.2, 0.25) is 0 Å². The van der Waals surface area contributed by atoms with Crippen LogP contribution in [0.5, 0.6) is 0 Å². The molecule has 0 amide bonds. The molecule has 1 N–H and O–H groups in total. The van der Waals surface area contributed by atoms with Gasteiger partial charge in [0.25, 0.3) is 0 Å². The second-order valence-electron chi connectivity index (χ2n) is 5.37. The van der Waals surface area contributed by atoms with Crippen molar-refractivity contribution in [3.8, 4) is 0 Å². The number of thioether (sulfide) groups is 1. The Morgan fingerprint density at radius 1 is 1.41 bits per heavy atom. The summed E-state index contributed by atoms with van der Waals surface area (Å²) in [6.07, 6.45) is -4.47. The van der Waals surface area contributed by atoms with Crippen molar-refractivity contribution in [2.75, 3.05) is 18.8 Å². The molecule has 1 aromatic rings. The highest BCUT2D eigenvalue weighted by Crippen LogP contribution is 2.38. The van der Waals surface area contributed by atoms with Crippen LogP contribution < -0.4 is 0 Å². The Labute approximate surface area is 131 Å². The third-order valence-electron chi connectivity index (χ3n) is 3.75. The molecule has 3 nitrogen and oxygen atoms in total. The molecule has 1 aliphatic heterocycles. The van der Waals surface area contributed by atoms with Crippen LogP contribution in [0.1, 0.15) is 12.5 Å². The Kier molecular flexibility index (Phi) is 5.39. The van der Waals surface area contributed by atoms with Crippen molar-refractivity contribution in [3.63, 3.8) is 0 Å². The Bertz CT molecular complexity index is 536. The molecule has 1 aliphatic rings. The first kappa shape index (κ1) is 17.1. The van der Waals surface area contributed by atoms with Gasteiger partial charge in [-0.25, -0.2) is 0 Å². The first-order chi connectivity index (χ1) is 10.3. The van der Waals surface area contributed by atoms with Gasteiger partial charge in [0, 0.05) is 24.5 Å². The van der Waals surface area contributed by atoms with E-state index in [4.69, 9.17) is 5.11 Å². The van der Waals surface area contributed by atoms with Crippen molar-refractivity contribution < 1.29 is 23.1 Å². The molecule has 0 aromatic heterocycles. The number of likely N-dealkylation sites (tertiary alicyclic amines) is 1. The summed E-state index contributed by atoms with van der Waals surface area (Å²) in [6, 6.07) is 7.64. The van der Waals surface area contributed by atoms with E-state index in [0.29, 0.717) is 6.54 Å². The molecule has 1 fully saturated rings. The maximum atomic E-state index is 13.0. The van der Waals surface area contributed by atoms with Crippen LogP contribution in [0.4, 0.5) is 13.2 Å². The van der Waals surface area contributed by atoms with Crippen molar-refractivity contribution in [1.29, 1.82) is 0 Å². The molecule has 2 atom stereocenters.